The summed E-state index contributed by atoms with van der Waals surface area (Å²) >= 11 is 0. The van der Waals surface area contributed by atoms with E-state index in [1.807, 2.05) is 0 Å². The van der Waals surface area contributed by atoms with Crippen molar-refractivity contribution in [1.29, 1.82) is 0 Å². The summed E-state index contributed by atoms with van der Waals surface area (Å²) in [5.41, 5.74) is -1.17. The molecular formula is C10H19F2NO2S. The van der Waals surface area contributed by atoms with Crippen LogP contribution in [0.15, 0.2) is 0 Å². The Morgan fingerprint density at radius 1 is 1.44 bits per heavy atom. The number of aliphatic hydroxyl groups excluding tert-OH is 1. The van der Waals surface area contributed by atoms with Gasteiger partial charge in [-0.15, -0.1) is 0 Å². The van der Waals surface area contributed by atoms with Crippen molar-refractivity contribution in [3.8, 4) is 0 Å². The Bertz CT molecular complexity index is 274. The Kier molecular flexibility index (Phi) is 4.08. The van der Waals surface area contributed by atoms with Crippen LogP contribution in [0.2, 0.25) is 0 Å². The second-order valence-corrected chi connectivity index (χ2v) is 7.27. The Balaban J connectivity index is 2.67. The SMILES string of the molecule is CC(C)(C)S(=O)NC(CO)C1(C(F)F)CC1. The first-order chi connectivity index (χ1) is 7.24. The quantitative estimate of drug-likeness (QED) is 0.781. The van der Waals surface area contributed by atoms with Gasteiger partial charge in [-0.25, -0.2) is 17.7 Å². The van der Waals surface area contributed by atoms with Crippen molar-refractivity contribution >= 4 is 11.0 Å². The molecule has 6 heteroatoms. The van der Waals surface area contributed by atoms with E-state index in [4.69, 9.17) is 5.11 Å². The number of nitrogens with one attached hydrogen (secondary N) is 1. The van der Waals surface area contributed by atoms with Gasteiger partial charge < -0.3 is 5.11 Å². The molecule has 1 aliphatic carbocycles. The van der Waals surface area contributed by atoms with Gasteiger partial charge in [-0.2, -0.15) is 0 Å². The fourth-order valence-electron chi connectivity index (χ4n) is 1.51. The van der Waals surface area contributed by atoms with E-state index in [-0.39, 0.29) is 0 Å². The van der Waals surface area contributed by atoms with E-state index in [2.05, 4.69) is 4.72 Å². The minimum Gasteiger partial charge on any atom is -0.395 e. The first-order valence-corrected chi connectivity index (χ1v) is 6.46. The highest BCUT2D eigenvalue weighted by molar-refractivity contribution is 7.84. The summed E-state index contributed by atoms with van der Waals surface area (Å²) in [7, 11) is -1.43. The van der Waals surface area contributed by atoms with E-state index in [9.17, 15) is 13.0 Å². The first kappa shape index (κ1) is 14.0. The van der Waals surface area contributed by atoms with Crippen molar-refractivity contribution in [2.45, 2.75) is 50.8 Å². The smallest absolute Gasteiger partial charge is 0.245 e. The van der Waals surface area contributed by atoms with E-state index in [1.54, 1.807) is 20.8 Å². The lowest BCUT2D eigenvalue weighted by atomic mass is 9.99. The zero-order valence-electron chi connectivity index (χ0n) is 9.80. The number of halogens is 2. The lowest BCUT2D eigenvalue weighted by Gasteiger charge is -2.28. The summed E-state index contributed by atoms with van der Waals surface area (Å²) in [6.45, 7) is 4.86. The van der Waals surface area contributed by atoms with Gasteiger partial charge in [-0.05, 0) is 33.6 Å². The minimum absolute atomic E-state index is 0.379. The molecule has 0 radical (unpaired) electrons. The van der Waals surface area contributed by atoms with Crippen molar-refractivity contribution in [3.05, 3.63) is 0 Å². The largest absolute Gasteiger partial charge is 0.395 e. The van der Waals surface area contributed by atoms with E-state index in [0.29, 0.717) is 12.8 Å². The summed E-state index contributed by atoms with van der Waals surface area (Å²) in [6.07, 6.45) is -1.72. The lowest BCUT2D eigenvalue weighted by Crippen LogP contribution is -2.48. The molecule has 0 aromatic rings. The third kappa shape index (κ3) is 2.78. The van der Waals surface area contributed by atoms with Crippen LogP contribution in [0.3, 0.4) is 0 Å². The topological polar surface area (TPSA) is 49.3 Å². The predicted molar refractivity (Wildman–Crippen MR) is 59.6 cm³/mol. The molecule has 2 unspecified atom stereocenters. The van der Waals surface area contributed by atoms with Gasteiger partial charge in [0.2, 0.25) is 6.43 Å². The molecule has 2 atom stereocenters. The second-order valence-electron chi connectivity index (χ2n) is 5.27. The van der Waals surface area contributed by atoms with E-state index in [0.717, 1.165) is 0 Å². The van der Waals surface area contributed by atoms with Gasteiger partial charge >= 0.3 is 0 Å². The summed E-state index contributed by atoms with van der Waals surface area (Å²) in [6, 6.07) is -0.785. The van der Waals surface area contributed by atoms with Crippen molar-refractivity contribution in [1.82, 2.24) is 4.72 Å². The van der Waals surface area contributed by atoms with E-state index in [1.165, 1.54) is 0 Å². The van der Waals surface area contributed by atoms with Crippen molar-refractivity contribution in [2.24, 2.45) is 5.41 Å². The number of aliphatic hydroxyl groups is 1. The standard InChI is InChI=1S/C10H19F2NO2S/c1-9(2,3)16(15)13-7(6-14)10(4-5-10)8(11)12/h7-8,13-14H,4-6H2,1-3H3. The van der Waals surface area contributed by atoms with Crippen molar-refractivity contribution in [3.63, 3.8) is 0 Å². The summed E-state index contributed by atoms with van der Waals surface area (Å²) < 4.78 is 39.5. The van der Waals surface area contributed by atoms with Crippen LogP contribution in [0.4, 0.5) is 8.78 Å². The molecular weight excluding hydrogens is 236 g/mol. The van der Waals surface area contributed by atoms with Gasteiger partial charge in [0.25, 0.3) is 0 Å². The predicted octanol–water partition coefficient (Wildman–Crippen LogP) is 1.44. The Labute approximate surface area is 97.2 Å². The lowest BCUT2D eigenvalue weighted by molar-refractivity contribution is 0.0282. The number of hydrogen-bond donors (Lipinski definition) is 2. The van der Waals surface area contributed by atoms with E-state index >= 15 is 0 Å². The van der Waals surface area contributed by atoms with Gasteiger partial charge in [0.05, 0.1) is 28.4 Å². The zero-order chi connectivity index (χ0) is 12.6. The molecule has 0 amide bonds. The highest BCUT2D eigenvalue weighted by Gasteiger charge is 2.57. The molecule has 0 saturated heterocycles. The average Bonchev–Trinajstić information content (AvgIpc) is 2.92. The molecule has 16 heavy (non-hydrogen) atoms. The Morgan fingerprint density at radius 3 is 2.19 bits per heavy atom. The second kappa shape index (κ2) is 4.66. The molecule has 2 N–H and O–H groups in total. The molecule has 1 rings (SSSR count). The Hall–Kier alpha value is -0.0700. The van der Waals surface area contributed by atoms with Crippen LogP contribution in [0, 0.1) is 5.41 Å². The fraction of sp³-hybridized carbons (Fsp3) is 1.00. The maximum atomic E-state index is 12.8. The fourth-order valence-corrected chi connectivity index (χ4v) is 2.43. The molecule has 3 nitrogen and oxygen atoms in total. The molecule has 0 heterocycles. The molecule has 1 fully saturated rings. The van der Waals surface area contributed by atoms with Crippen LogP contribution in [0.1, 0.15) is 33.6 Å². The third-order valence-electron chi connectivity index (χ3n) is 2.94. The summed E-state index contributed by atoms with van der Waals surface area (Å²) in [5.74, 6) is 0. The number of rotatable bonds is 5. The first-order valence-electron chi connectivity index (χ1n) is 5.31. The molecule has 1 saturated carbocycles. The molecule has 1 aliphatic rings. The molecule has 0 aliphatic heterocycles. The number of alkyl halides is 2. The van der Waals surface area contributed by atoms with Gasteiger partial charge in [0.15, 0.2) is 0 Å². The van der Waals surface area contributed by atoms with Crippen LogP contribution in [-0.2, 0) is 11.0 Å². The van der Waals surface area contributed by atoms with Crippen LogP contribution < -0.4 is 4.72 Å². The molecule has 0 spiro atoms. The van der Waals surface area contributed by atoms with Gasteiger partial charge in [0, 0.05) is 5.41 Å². The minimum atomic E-state index is -2.48. The van der Waals surface area contributed by atoms with Gasteiger partial charge in [0.1, 0.15) is 0 Å². The number of hydrogen-bond acceptors (Lipinski definition) is 2. The summed E-state index contributed by atoms with van der Waals surface area (Å²) in [5, 5.41) is 9.13. The van der Waals surface area contributed by atoms with Crippen molar-refractivity contribution < 1.29 is 18.1 Å². The summed E-state index contributed by atoms with van der Waals surface area (Å²) in [4.78, 5) is 0. The zero-order valence-corrected chi connectivity index (χ0v) is 10.6. The van der Waals surface area contributed by atoms with Crippen LogP contribution in [0.5, 0.6) is 0 Å². The average molecular weight is 255 g/mol. The van der Waals surface area contributed by atoms with E-state index < -0.39 is 40.2 Å². The van der Waals surface area contributed by atoms with Crippen molar-refractivity contribution in [2.75, 3.05) is 6.61 Å². The Morgan fingerprint density at radius 2 is 1.94 bits per heavy atom. The highest BCUT2D eigenvalue weighted by atomic mass is 32.2. The molecule has 0 bridgehead atoms. The molecule has 0 aromatic carbocycles. The van der Waals surface area contributed by atoms with Crippen LogP contribution in [0.25, 0.3) is 0 Å². The highest BCUT2D eigenvalue weighted by Crippen LogP contribution is 2.53. The maximum absolute atomic E-state index is 12.8. The monoisotopic (exact) mass is 255 g/mol. The van der Waals surface area contributed by atoms with Gasteiger partial charge in [-0.3, -0.25) is 0 Å². The maximum Gasteiger partial charge on any atom is 0.245 e. The van der Waals surface area contributed by atoms with Crippen LogP contribution in [-0.4, -0.2) is 33.1 Å². The third-order valence-corrected chi connectivity index (χ3v) is 4.55. The normalized spacial score (nSPS) is 23.2. The molecule has 0 aromatic heterocycles. The van der Waals surface area contributed by atoms with Gasteiger partial charge in [-0.1, -0.05) is 0 Å². The van der Waals surface area contributed by atoms with Crippen LogP contribution >= 0.6 is 0 Å². The molecule has 96 valence electrons.